The summed E-state index contributed by atoms with van der Waals surface area (Å²) in [5.74, 6) is 0. The van der Waals surface area contributed by atoms with Crippen LogP contribution in [-0.2, 0) is 4.74 Å². The molecule has 0 aromatic heterocycles. The second kappa shape index (κ2) is 12.8. The molecule has 0 saturated carbocycles. The van der Waals surface area contributed by atoms with Crippen LogP contribution in [0, 0.1) is 0 Å². The summed E-state index contributed by atoms with van der Waals surface area (Å²) in [5, 5.41) is 0. The Morgan fingerprint density at radius 1 is 0.773 bits per heavy atom. The van der Waals surface area contributed by atoms with Crippen LogP contribution in [0.3, 0.4) is 0 Å². The third-order valence-corrected chi connectivity index (χ3v) is 3.39. The van der Waals surface area contributed by atoms with E-state index >= 15 is 0 Å². The van der Waals surface area contributed by atoms with Gasteiger partial charge in [0.15, 0.2) is 6.10 Å². The molecular weight excluding hydrogens is 319 g/mol. The van der Waals surface area contributed by atoms with Gasteiger partial charge in [-0.05, 0) is 13.3 Å². The van der Waals surface area contributed by atoms with Crippen LogP contribution in [0.15, 0.2) is 0 Å². The first-order valence-electron chi connectivity index (χ1n) is 8.30. The Labute approximate surface area is 152 Å². The Bertz CT molecular complexity index is 234. The van der Waals surface area contributed by atoms with E-state index in [2.05, 4.69) is 56.1 Å². The van der Waals surface area contributed by atoms with Gasteiger partial charge in [0, 0.05) is 0 Å². The lowest BCUT2D eigenvalue weighted by molar-refractivity contribution is -0.896. The van der Waals surface area contributed by atoms with Crippen LogP contribution in [0.5, 0.6) is 0 Å². The smallest absolute Gasteiger partial charge is 0.155 e. The molecule has 0 N–H and O–H groups in total. The highest BCUT2D eigenvalue weighted by Gasteiger charge is 2.26. The second-order valence-corrected chi connectivity index (χ2v) is 8.36. The van der Waals surface area contributed by atoms with E-state index in [-0.39, 0.29) is 24.8 Å². The molecule has 0 aromatic carbocycles. The van der Waals surface area contributed by atoms with Gasteiger partial charge in [-0.3, -0.25) is 0 Å². The predicted molar refractivity (Wildman–Crippen MR) is 88.9 cm³/mol. The van der Waals surface area contributed by atoms with Gasteiger partial charge in [0.1, 0.15) is 13.1 Å². The molecule has 3 nitrogen and oxygen atoms in total. The summed E-state index contributed by atoms with van der Waals surface area (Å²) in [6, 6.07) is 0. The fourth-order valence-corrected chi connectivity index (χ4v) is 2.62. The molecule has 0 aromatic rings. The number of unbranched alkanes of at least 4 members (excludes halogenated alkanes) is 3. The van der Waals surface area contributed by atoms with Crippen LogP contribution in [-0.4, -0.2) is 76.5 Å². The molecule has 0 aliphatic heterocycles. The van der Waals surface area contributed by atoms with Gasteiger partial charge >= 0.3 is 0 Å². The lowest BCUT2D eigenvalue weighted by atomic mass is 10.1. The average molecular weight is 359 g/mol. The maximum atomic E-state index is 6.35. The molecule has 0 saturated heterocycles. The van der Waals surface area contributed by atoms with Crippen molar-refractivity contribution in [2.24, 2.45) is 0 Å². The first kappa shape index (κ1) is 27.3. The molecule has 1 unspecified atom stereocenters. The van der Waals surface area contributed by atoms with Crippen molar-refractivity contribution in [3.8, 4) is 0 Å². The standard InChI is InChI=1S/C17H40N2O.2ClH/c1-9-10-11-12-13-16(2)20-17(14-18(3,4)5)15-19(6,7)8;;/h16-17H,9-15H2,1-8H3;2*1H/q+2;;/p-2. The van der Waals surface area contributed by atoms with Gasteiger partial charge in [-0.2, -0.15) is 0 Å². The summed E-state index contributed by atoms with van der Waals surface area (Å²) >= 11 is 0. The van der Waals surface area contributed by atoms with Crippen LogP contribution in [0.4, 0.5) is 0 Å². The summed E-state index contributed by atoms with van der Waals surface area (Å²) in [7, 11) is 13.5. The van der Waals surface area contributed by atoms with Crippen LogP contribution >= 0.6 is 0 Å². The van der Waals surface area contributed by atoms with Crippen LogP contribution in [0.1, 0.15) is 46.0 Å². The fourth-order valence-electron chi connectivity index (χ4n) is 2.62. The number of ether oxygens (including phenoxy) is 1. The SMILES string of the molecule is CCCCCCC(C)OC(C[N+](C)(C)C)C[N+](C)(C)C.[Cl-].[Cl-]. The molecule has 0 radical (unpaired) electrons. The van der Waals surface area contributed by atoms with Crippen LogP contribution < -0.4 is 24.8 Å². The number of nitrogens with zero attached hydrogens (tertiary/aromatic N) is 2. The number of hydrogen-bond acceptors (Lipinski definition) is 1. The van der Waals surface area contributed by atoms with Gasteiger partial charge in [0.25, 0.3) is 0 Å². The third-order valence-electron chi connectivity index (χ3n) is 3.39. The highest BCUT2D eigenvalue weighted by molar-refractivity contribution is 4.60. The van der Waals surface area contributed by atoms with E-state index < -0.39 is 0 Å². The molecule has 0 aliphatic carbocycles. The Hall–Kier alpha value is 0.460. The Morgan fingerprint density at radius 2 is 1.23 bits per heavy atom. The van der Waals surface area contributed by atoms with Crippen molar-refractivity contribution >= 4 is 0 Å². The van der Waals surface area contributed by atoms with Gasteiger partial charge in [-0.15, -0.1) is 0 Å². The number of quaternary nitrogens is 2. The molecule has 138 valence electrons. The first-order chi connectivity index (χ1) is 9.03. The summed E-state index contributed by atoms with van der Waals surface area (Å²) in [6.45, 7) is 6.66. The van der Waals surface area contributed by atoms with Crippen molar-refractivity contribution in [2.45, 2.75) is 58.2 Å². The van der Waals surface area contributed by atoms with Crippen LogP contribution in [0.25, 0.3) is 0 Å². The number of halogens is 2. The van der Waals surface area contributed by atoms with Gasteiger partial charge < -0.3 is 38.5 Å². The maximum absolute atomic E-state index is 6.35. The van der Waals surface area contributed by atoms with Crippen molar-refractivity contribution in [3.05, 3.63) is 0 Å². The number of rotatable bonds is 11. The highest BCUT2D eigenvalue weighted by Crippen LogP contribution is 2.13. The fraction of sp³-hybridized carbons (Fsp3) is 1.00. The Balaban J connectivity index is -0.00000180. The second-order valence-electron chi connectivity index (χ2n) is 8.36. The van der Waals surface area contributed by atoms with Gasteiger partial charge in [0.05, 0.1) is 48.4 Å². The van der Waals surface area contributed by atoms with E-state index in [0.29, 0.717) is 12.2 Å². The quantitative estimate of drug-likeness (QED) is 0.285. The van der Waals surface area contributed by atoms with Crippen molar-refractivity contribution in [1.82, 2.24) is 0 Å². The molecule has 0 amide bonds. The van der Waals surface area contributed by atoms with E-state index in [1.54, 1.807) is 0 Å². The lowest BCUT2D eigenvalue weighted by Crippen LogP contribution is -3.00. The van der Waals surface area contributed by atoms with E-state index in [4.69, 9.17) is 4.74 Å². The minimum atomic E-state index is 0. The molecule has 0 fully saturated rings. The van der Waals surface area contributed by atoms with E-state index in [9.17, 15) is 0 Å². The van der Waals surface area contributed by atoms with E-state index in [1.807, 2.05) is 0 Å². The molecule has 0 spiro atoms. The lowest BCUT2D eigenvalue weighted by Gasteiger charge is -2.35. The zero-order valence-electron chi connectivity index (χ0n) is 16.2. The van der Waals surface area contributed by atoms with Crippen molar-refractivity contribution < 1.29 is 38.5 Å². The molecular formula is C17H40Cl2N2O. The minimum Gasteiger partial charge on any atom is -1.00 e. The monoisotopic (exact) mass is 358 g/mol. The molecule has 1 atom stereocenters. The van der Waals surface area contributed by atoms with Gasteiger partial charge in [-0.1, -0.05) is 32.6 Å². The first-order valence-corrected chi connectivity index (χ1v) is 8.30. The van der Waals surface area contributed by atoms with Crippen molar-refractivity contribution in [3.63, 3.8) is 0 Å². The zero-order valence-corrected chi connectivity index (χ0v) is 17.7. The predicted octanol–water partition coefficient (Wildman–Crippen LogP) is -2.85. The van der Waals surface area contributed by atoms with E-state index in [0.717, 1.165) is 22.1 Å². The molecule has 0 aliphatic rings. The summed E-state index contributed by atoms with van der Waals surface area (Å²) < 4.78 is 8.28. The largest absolute Gasteiger partial charge is 1.00 e. The normalized spacial score (nSPS) is 13.5. The third kappa shape index (κ3) is 18.5. The Kier molecular flexibility index (Phi) is 15.9. The van der Waals surface area contributed by atoms with E-state index in [1.165, 1.54) is 32.1 Å². The molecule has 0 rings (SSSR count). The summed E-state index contributed by atoms with van der Waals surface area (Å²) in [6.07, 6.45) is 7.24. The summed E-state index contributed by atoms with van der Waals surface area (Å²) in [5.41, 5.74) is 0. The van der Waals surface area contributed by atoms with Gasteiger partial charge in [-0.25, -0.2) is 0 Å². The zero-order chi connectivity index (χ0) is 15.8. The topological polar surface area (TPSA) is 9.23 Å². The van der Waals surface area contributed by atoms with Crippen molar-refractivity contribution in [2.75, 3.05) is 55.4 Å². The maximum Gasteiger partial charge on any atom is 0.155 e. The average Bonchev–Trinajstić information content (AvgIpc) is 2.19. The minimum absolute atomic E-state index is 0. The highest BCUT2D eigenvalue weighted by atomic mass is 35.5. The Morgan fingerprint density at radius 3 is 1.59 bits per heavy atom. The molecule has 0 heterocycles. The number of hydrogen-bond donors (Lipinski definition) is 0. The summed E-state index contributed by atoms with van der Waals surface area (Å²) in [4.78, 5) is 0. The van der Waals surface area contributed by atoms with Crippen LogP contribution in [0.2, 0.25) is 0 Å². The van der Waals surface area contributed by atoms with Gasteiger partial charge in [0.2, 0.25) is 0 Å². The van der Waals surface area contributed by atoms with Crippen molar-refractivity contribution in [1.29, 1.82) is 0 Å². The molecule has 0 bridgehead atoms. The molecule has 22 heavy (non-hydrogen) atoms. The molecule has 5 heteroatoms. The number of likely N-dealkylation sites (N-methyl/N-ethyl adjacent to an activating group) is 2.